The Morgan fingerprint density at radius 3 is 2.05 bits per heavy atom. The third kappa shape index (κ3) is 4.94. The summed E-state index contributed by atoms with van der Waals surface area (Å²) in [7, 11) is 0. The van der Waals surface area contributed by atoms with Crippen molar-refractivity contribution in [1.82, 2.24) is 14.7 Å². The second kappa shape index (κ2) is 8.11. The van der Waals surface area contributed by atoms with Crippen molar-refractivity contribution in [3.8, 4) is 0 Å². The highest BCUT2D eigenvalue weighted by molar-refractivity contribution is 5.81. The molecule has 2 rings (SSSR count). The van der Waals surface area contributed by atoms with Gasteiger partial charge in [-0.15, -0.1) is 0 Å². The fourth-order valence-corrected chi connectivity index (χ4v) is 3.42. The van der Waals surface area contributed by atoms with Gasteiger partial charge in [-0.25, -0.2) is 0 Å². The van der Waals surface area contributed by atoms with E-state index in [0.29, 0.717) is 5.91 Å². The lowest BCUT2D eigenvalue weighted by molar-refractivity contribution is -0.137. The minimum absolute atomic E-state index is 0.00296. The van der Waals surface area contributed by atoms with Crippen LogP contribution < -0.4 is 0 Å². The molecule has 2 atom stereocenters. The number of likely N-dealkylation sites (tertiary alicyclic amines) is 1. The van der Waals surface area contributed by atoms with Gasteiger partial charge in [0.05, 0.1) is 12.1 Å². The Kier molecular flexibility index (Phi) is 6.45. The van der Waals surface area contributed by atoms with Gasteiger partial charge >= 0.3 is 0 Å². The first-order valence-electron chi connectivity index (χ1n) is 8.51. The Hall–Kier alpha value is -0.650. The van der Waals surface area contributed by atoms with E-state index in [1.807, 2.05) is 6.92 Å². The zero-order valence-corrected chi connectivity index (χ0v) is 13.6. The van der Waals surface area contributed by atoms with Crippen LogP contribution in [0.5, 0.6) is 0 Å². The highest BCUT2D eigenvalue weighted by Gasteiger charge is 2.29. The van der Waals surface area contributed by atoms with E-state index < -0.39 is 0 Å². The number of piperazine rings is 1. The third-order valence-electron chi connectivity index (χ3n) is 4.75. The number of rotatable bonds is 4. The van der Waals surface area contributed by atoms with E-state index in [9.17, 15) is 9.90 Å². The van der Waals surface area contributed by atoms with E-state index >= 15 is 0 Å². The first-order valence-corrected chi connectivity index (χ1v) is 8.51. The van der Waals surface area contributed by atoms with E-state index in [1.165, 1.54) is 12.8 Å². The number of amides is 1. The van der Waals surface area contributed by atoms with Crippen molar-refractivity contribution in [2.75, 3.05) is 45.8 Å². The van der Waals surface area contributed by atoms with Gasteiger partial charge in [-0.05, 0) is 26.7 Å². The summed E-state index contributed by atoms with van der Waals surface area (Å²) in [6, 6.07) is -0.00296. The van der Waals surface area contributed by atoms with Gasteiger partial charge in [-0.3, -0.25) is 14.6 Å². The number of carbonyl (C=O) groups is 1. The fourth-order valence-electron chi connectivity index (χ4n) is 3.42. The predicted molar refractivity (Wildman–Crippen MR) is 84.2 cm³/mol. The van der Waals surface area contributed by atoms with Crippen LogP contribution in [0.25, 0.3) is 0 Å². The molecule has 5 nitrogen and oxygen atoms in total. The minimum atomic E-state index is -0.271. The first-order chi connectivity index (χ1) is 10.1. The smallest absolute Gasteiger partial charge is 0.239 e. The molecule has 0 radical (unpaired) electrons. The van der Waals surface area contributed by atoms with Crippen LogP contribution >= 0.6 is 0 Å². The van der Waals surface area contributed by atoms with Crippen molar-refractivity contribution < 1.29 is 9.90 Å². The highest BCUT2D eigenvalue weighted by Crippen LogP contribution is 2.14. The van der Waals surface area contributed by atoms with Crippen LogP contribution in [-0.2, 0) is 4.79 Å². The second-order valence-electron chi connectivity index (χ2n) is 6.60. The van der Waals surface area contributed by atoms with Gasteiger partial charge in [-0.1, -0.05) is 12.8 Å². The Balaban J connectivity index is 1.80. The summed E-state index contributed by atoms with van der Waals surface area (Å²) >= 11 is 0. The summed E-state index contributed by atoms with van der Waals surface area (Å²) in [5, 5.41) is 9.45. The van der Waals surface area contributed by atoms with Crippen LogP contribution in [0.2, 0.25) is 0 Å². The molecule has 0 saturated carbocycles. The molecule has 0 spiro atoms. The summed E-state index contributed by atoms with van der Waals surface area (Å²) in [5.41, 5.74) is 0. The average molecular weight is 297 g/mol. The number of nitrogens with zero attached hydrogens (tertiary/aromatic N) is 3. The SMILES string of the molecule is CC(O)CN1CCN(C(C)C(=O)N2CCCCCC2)CC1. The number of aliphatic hydroxyl groups excluding tert-OH is 1. The largest absolute Gasteiger partial charge is 0.392 e. The Morgan fingerprint density at radius 2 is 1.52 bits per heavy atom. The summed E-state index contributed by atoms with van der Waals surface area (Å²) in [6.45, 7) is 10.2. The van der Waals surface area contributed by atoms with Crippen LogP contribution in [0, 0.1) is 0 Å². The van der Waals surface area contributed by atoms with Crippen molar-refractivity contribution in [1.29, 1.82) is 0 Å². The lowest BCUT2D eigenvalue weighted by atomic mass is 10.2. The Labute approximate surface area is 128 Å². The molecule has 1 N–H and O–H groups in total. The molecule has 0 aromatic rings. The number of hydrogen-bond donors (Lipinski definition) is 1. The van der Waals surface area contributed by atoms with Crippen LogP contribution in [0.15, 0.2) is 0 Å². The summed E-state index contributed by atoms with van der Waals surface area (Å²) in [6.07, 6.45) is 4.56. The van der Waals surface area contributed by atoms with E-state index in [1.54, 1.807) is 0 Å². The topological polar surface area (TPSA) is 47.0 Å². The predicted octanol–water partition coefficient (Wildman–Crippen LogP) is 0.776. The fraction of sp³-hybridized carbons (Fsp3) is 0.938. The van der Waals surface area contributed by atoms with E-state index in [4.69, 9.17) is 0 Å². The third-order valence-corrected chi connectivity index (χ3v) is 4.75. The molecule has 2 aliphatic heterocycles. The molecule has 0 aromatic heterocycles. The zero-order chi connectivity index (χ0) is 15.2. The highest BCUT2D eigenvalue weighted by atomic mass is 16.3. The van der Waals surface area contributed by atoms with Crippen molar-refractivity contribution in [3.05, 3.63) is 0 Å². The molecule has 0 aromatic carbocycles. The van der Waals surface area contributed by atoms with Crippen molar-refractivity contribution >= 4 is 5.91 Å². The van der Waals surface area contributed by atoms with Crippen molar-refractivity contribution in [3.63, 3.8) is 0 Å². The maximum Gasteiger partial charge on any atom is 0.239 e. The summed E-state index contributed by atoms with van der Waals surface area (Å²) in [5.74, 6) is 0.306. The number of β-amino-alcohol motifs (C(OH)–C–C–N with tert-alkyl or cyclic N) is 1. The monoisotopic (exact) mass is 297 g/mol. The number of carbonyl (C=O) groups excluding carboxylic acids is 1. The standard InChI is InChI=1S/C16H31N3O2/c1-14(20)13-17-9-11-18(12-10-17)15(2)16(21)19-7-5-3-4-6-8-19/h14-15,20H,3-13H2,1-2H3. The maximum atomic E-state index is 12.6. The summed E-state index contributed by atoms with van der Waals surface area (Å²) < 4.78 is 0. The Morgan fingerprint density at radius 1 is 0.952 bits per heavy atom. The van der Waals surface area contributed by atoms with Crippen LogP contribution in [0.3, 0.4) is 0 Å². The summed E-state index contributed by atoms with van der Waals surface area (Å²) in [4.78, 5) is 19.3. The normalized spacial score (nSPS) is 25.4. The molecule has 122 valence electrons. The van der Waals surface area contributed by atoms with Crippen LogP contribution in [-0.4, -0.2) is 83.7 Å². The molecule has 0 aliphatic carbocycles. The Bertz CT molecular complexity index is 319. The first kappa shape index (κ1) is 16.7. The lowest BCUT2D eigenvalue weighted by Gasteiger charge is -2.39. The quantitative estimate of drug-likeness (QED) is 0.833. The molecule has 2 aliphatic rings. The zero-order valence-electron chi connectivity index (χ0n) is 13.6. The van der Waals surface area contributed by atoms with Crippen molar-refractivity contribution in [2.45, 2.75) is 51.7 Å². The van der Waals surface area contributed by atoms with Crippen LogP contribution in [0.1, 0.15) is 39.5 Å². The molecule has 0 bridgehead atoms. The minimum Gasteiger partial charge on any atom is -0.392 e. The maximum absolute atomic E-state index is 12.6. The number of hydrogen-bond acceptors (Lipinski definition) is 4. The lowest BCUT2D eigenvalue weighted by Crippen LogP contribution is -2.55. The molecule has 2 unspecified atom stereocenters. The van der Waals surface area contributed by atoms with Gasteiger partial charge in [0, 0.05) is 45.8 Å². The van der Waals surface area contributed by atoms with Gasteiger partial charge < -0.3 is 10.0 Å². The van der Waals surface area contributed by atoms with Crippen LogP contribution in [0.4, 0.5) is 0 Å². The molecule has 21 heavy (non-hydrogen) atoms. The van der Waals surface area contributed by atoms with E-state index in [2.05, 4.69) is 21.6 Å². The molecule has 2 fully saturated rings. The van der Waals surface area contributed by atoms with E-state index in [0.717, 1.165) is 58.7 Å². The van der Waals surface area contributed by atoms with Gasteiger partial charge in [-0.2, -0.15) is 0 Å². The van der Waals surface area contributed by atoms with E-state index in [-0.39, 0.29) is 12.1 Å². The second-order valence-corrected chi connectivity index (χ2v) is 6.60. The van der Waals surface area contributed by atoms with Gasteiger partial charge in [0.15, 0.2) is 0 Å². The van der Waals surface area contributed by atoms with Gasteiger partial charge in [0.1, 0.15) is 0 Å². The molecular weight excluding hydrogens is 266 g/mol. The molecule has 2 saturated heterocycles. The number of aliphatic hydroxyl groups is 1. The molecule has 2 heterocycles. The van der Waals surface area contributed by atoms with Gasteiger partial charge in [0.2, 0.25) is 5.91 Å². The molecular formula is C16H31N3O2. The molecule has 5 heteroatoms. The molecule has 1 amide bonds. The van der Waals surface area contributed by atoms with Gasteiger partial charge in [0.25, 0.3) is 0 Å². The average Bonchev–Trinajstić information content (AvgIpc) is 2.75. The van der Waals surface area contributed by atoms with Crippen molar-refractivity contribution in [2.24, 2.45) is 0 Å².